The van der Waals surface area contributed by atoms with Gasteiger partial charge >= 0.3 is 6.18 Å². The molecule has 0 fully saturated rings. The van der Waals surface area contributed by atoms with E-state index in [2.05, 4.69) is 0 Å². The van der Waals surface area contributed by atoms with E-state index in [1.165, 1.54) is 19.2 Å². The minimum atomic E-state index is -4.76. The number of nitrogens with one attached hydrogen (secondary N) is 2. The van der Waals surface area contributed by atoms with Crippen molar-refractivity contribution < 1.29 is 44.2 Å². The second kappa shape index (κ2) is 12.9. The van der Waals surface area contributed by atoms with Crippen LogP contribution in [0.3, 0.4) is 0 Å². The summed E-state index contributed by atoms with van der Waals surface area (Å²) in [4.78, 5) is 1.99. The topological polar surface area (TPSA) is 80.4 Å². The normalized spacial score (nSPS) is 17.0. The number of aliphatic hydroxyl groups excluding tert-OH is 1. The summed E-state index contributed by atoms with van der Waals surface area (Å²) in [7, 11) is 1.53. The van der Waals surface area contributed by atoms with Gasteiger partial charge < -0.3 is 20.2 Å². The Morgan fingerprint density at radius 1 is 1.08 bits per heavy atom. The van der Waals surface area contributed by atoms with E-state index in [0.29, 0.717) is 17.9 Å². The quantitative estimate of drug-likeness (QED) is 0.161. The Balaban J connectivity index is 0.000000453. The standard InChI is InChI=1S/C22H22F4N2O.C7H7NO.Co/c1-4-28-18-9-8-15(29-3)12-17(18)21(2,19(28)10-11-27)13-14-6-5-7-16(20(14)23)22(24,25)26;8-7(9)6-4-2-1-3-5-6;/h5-12,27H,4,13H2,1-3H3;1-5H,(H2,8,9);/b19-10-,27-11?;;. The second-order valence-electron chi connectivity index (χ2n) is 8.85. The van der Waals surface area contributed by atoms with Gasteiger partial charge in [0.15, 0.2) is 0 Å². The van der Waals surface area contributed by atoms with E-state index in [0.717, 1.165) is 29.2 Å². The Kier molecular flexibility index (Phi) is 10.5. The molecule has 209 valence electrons. The molecular weight excluding hydrogens is 557 g/mol. The first-order valence-electron chi connectivity index (χ1n) is 11.8. The third-order valence-corrected chi connectivity index (χ3v) is 6.48. The van der Waals surface area contributed by atoms with Crippen LogP contribution in [0.1, 0.15) is 36.1 Å². The number of benzene rings is 3. The monoisotopic (exact) mass is 586 g/mol. The summed E-state index contributed by atoms with van der Waals surface area (Å²) in [6.45, 7) is 4.40. The van der Waals surface area contributed by atoms with Crippen molar-refractivity contribution in [1.82, 2.24) is 0 Å². The molecule has 1 radical (unpaired) electrons. The molecule has 1 heterocycles. The SMILES string of the molecule is CCN1/C(=C\C=N)C(C)(Cc2cccc(C(F)(F)F)c2F)c2cc(OC)ccc21.N=C(O)c1ccccc1.[Co]. The first-order chi connectivity index (χ1) is 18.0. The molecule has 0 spiro atoms. The van der Waals surface area contributed by atoms with Crippen molar-refractivity contribution in [1.29, 1.82) is 10.8 Å². The third kappa shape index (κ3) is 6.69. The molecule has 0 amide bonds. The van der Waals surface area contributed by atoms with Gasteiger partial charge in [0.2, 0.25) is 5.90 Å². The number of methoxy groups -OCH3 is 1. The van der Waals surface area contributed by atoms with Crippen LogP contribution >= 0.6 is 0 Å². The maximum absolute atomic E-state index is 14.8. The summed E-state index contributed by atoms with van der Waals surface area (Å²) in [6, 6.07) is 17.6. The number of allylic oxidation sites excluding steroid dienone is 2. The number of ether oxygens (including phenoxy) is 1. The van der Waals surface area contributed by atoms with Crippen LogP contribution in [0, 0.1) is 16.6 Å². The zero-order valence-electron chi connectivity index (χ0n) is 21.6. The van der Waals surface area contributed by atoms with Crippen LogP contribution in [0.25, 0.3) is 0 Å². The molecule has 3 aromatic rings. The van der Waals surface area contributed by atoms with Crippen molar-refractivity contribution in [3.63, 3.8) is 0 Å². The zero-order chi connectivity index (χ0) is 28.1. The molecule has 5 nitrogen and oxygen atoms in total. The van der Waals surface area contributed by atoms with E-state index in [9.17, 15) is 17.6 Å². The van der Waals surface area contributed by atoms with Crippen molar-refractivity contribution in [3.05, 3.63) is 107 Å². The number of likely N-dealkylation sites (N-methyl/N-ethyl adjacent to an activating group) is 1. The van der Waals surface area contributed by atoms with Crippen LogP contribution < -0.4 is 9.64 Å². The van der Waals surface area contributed by atoms with Crippen molar-refractivity contribution in [3.8, 4) is 5.75 Å². The van der Waals surface area contributed by atoms with E-state index in [1.807, 2.05) is 36.9 Å². The Bertz CT molecular complexity index is 1350. The van der Waals surface area contributed by atoms with Crippen LogP contribution in [0.4, 0.5) is 23.2 Å². The summed E-state index contributed by atoms with van der Waals surface area (Å²) in [5, 5.41) is 23.0. The largest absolute Gasteiger partial charge is 0.497 e. The zero-order valence-corrected chi connectivity index (χ0v) is 22.6. The van der Waals surface area contributed by atoms with Crippen LogP contribution in [-0.4, -0.2) is 30.9 Å². The number of hydrogen-bond acceptors (Lipinski definition) is 4. The van der Waals surface area contributed by atoms with Gasteiger partial charge in [-0.2, -0.15) is 13.2 Å². The number of aliphatic hydroxyl groups is 1. The third-order valence-electron chi connectivity index (χ3n) is 6.48. The molecule has 1 atom stereocenters. The van der Waals surface area contributed by atoms with Crippen molar-refractivity contribution in [2.75, 3.05) is 18.6 Å². The minimum absolute atomic E-state index is 0. The maximum Gasteiger partial charge on any atom is 0.419 e. The summed E-state index contributed by atoms with van der Waals surface area (Å²) in [6.07, 6.45) is -2.00. The predicted octanol–water partition coefficient (Wildman–Crippen LogP) is 7.29. The summed E-state index contributed by atoms with van der Waals surface area (Å²) in [5.74, 6) is -1.03. The second-order valence-corrected chi connectivity index (χ2v) is 8.85. The Morgan fingerprint density at radius 2 is 1.74 bits per heavy atom. The molecule has 1 aliphatic heterocycles. The molecule has 0 saturated heterocycles. The molecule has 3 aromatic carbocycles. The number of rotatable bonds is 6. The average molecular weight is 586 g/mol. The summed E-state index contributed by atoms with van der Waals surface area (Å²) < 4.78 is 59.7. The Labute approximate surface area is 235 Å². The number of nitrogens with zero attached hydrogens (tertiary/aromatic N) is 1. The minimum Gasteiger partial charge on any atom is -0.497 e. The van der Waals surface area contributed by atoms with Gasteiger partial charge in [-0.25, -0.2) is 4.39 Å². The van der Waals surface area contributed by atoms with E-state index < -0.39 is 23.0 Å². The smallest absolute Gasteiger partial charge is 0.419 e. The van der Waals surface area contributed by atoms with Crippen LogP contribution in [0.5, 0.6) is 5.75 Å². The van der Waals surface area contributed by atoms with Crippen LogP contribution in [0.15, 0.2) is 78.5 Å². The predicted molar refractivity (Wildman–Crippen MR) is 141 cm³/mol. The molecular formula is C29H29CoF4N3O2. The maximum atomic E-state index is 14.8. The molecule has 0 aromatic heterocycles. The van der Waals surface area contributed by atoms with Crippen LogP contribution in [-0.2, 0) is 34.8 Å². The summed E-state index contributed by atoms with van der Waals surface area (Å²) in [5.41, 5.74) is 0.854. The molecule has 4 rings (SSSR count). The van der Waals surface area contributed by atoms with Gasteiger partial charge in [0.1, 0.15) is 11.6 Å². The van der Waals surface area contributed by atoms with Crippen LogP contribution in [0.2, 0.25) is 0 Å². The molecule has 10 heteroatoms. The molecule has 0 aliphatic carbocycles. The molecule has 0 saturated carbocycles. The average Bonchev–Trinajstić information content (AvgIpc) is 3.12. The van der Waals surface area contributed by atoms with E-state index in [4.69, 9.17) is 20.7 Å². The van der Waals surface area contributed by atoms with Gasteiger partial charge in [0.05, 0.1) is 12.7 Å². The van der Waals surface area contributed by atoms with Crippen molar-refractivity contribution >= 4 is 17.8 Å². The summed E-state index contributed by atoms with van der Waals surface area (Å²) >= 11 is 0. The van der Waals surface area contributed by atoms with Gasteiger partial charge in [-0.1, -0.05) is 30.3 Å². The van der Waals surface area contributed by atoms with E-state index >= 15 is 0 Å². The van der Waals surface area contributed by atoms with Gasteiger partial charge in [0, 0.05) is 51.9 Å². The first-order valence-corrected chi connectivity index (χ1v) is 11.8. The van der Waals surface area contributed by atoms with Gasteiger partial charge in [-0.15, -0.1) is 0 Å². The number of hydrogen-bond donors (Lipinski definition) is 3. The van der Waals surface area contributed by atoms with E-state index in [1.54, 1.807) is 36.4 Å². The number of fused-ring (bicyclic) bond motifs is 1. The number of halogens is 4. The fraction of sp³-hybridized carbons (Fsp3) is 0.241. The Morgan fingerprint density at radius 3 is 2.26 bits per heavy atom. The molecule has 0 bridgehead atoms. The fourth-order valence-electron chi connectivity index (χ4n) is 4.68. The Hall–Kier alpha value is -3.63. The molecule has 39 heavy (non-hydrogen) atoms. The van der Waals surface area contributed by atoms with Gasteiger partial charge in [-0.3, -0.25) is 5.41 Å². The van der Waals surface area contributed by atoms with Gasteiger partial charge in [0.25, 0.3) is 0 Å². The first kappa shape index (κ1) is 31.6. The van der Waals surface area contributed by atoms with Gasteiger partial charge in [-0.05, 0) is 73.9 Å². The van der Waals surface area contributed by atoms with Crippen molar-refractivity contribution in [2.24, 2.45) is 0 Å². The number of anilines is 1. The fourth-order valence-corrected chi connectivity index (χ4v) is 4.68. The molecule has 1 aliphatic rings. The number of alkyl halides is 3. The van der Waals surface area contributed by atoms with Crippen molar-refractivity contribution in [2.45, 2.75) is 31.9 Å². The van der Waals surface area contributed by atoms with E-state index in [-0.39, 0.29) is 34.7 Å². The molecule has 1 unspecified atom stereocenters. The molecule has 3 N–H and O–H groups in total.